The van der Waals surface area contributed by atoms with E-state index in [2.05, 4.69) is 34.5 Å². The van der Waals surface area contributed by atoms with Gasteiger partial charge in [0.15, 0.2) is 0 Å². The topological polar surface area (TPSA) is 61.9 Å². The third-order valence-corrected chi connectivity index (χ3v) is 7.95. The number of benzene rings is 2. The first kappa shape index (κ1) is 21.9. The molecule has 0 unspecified atom stereocenters. The van der Waals surface area contributed by atoms with Crippen LogP contribution in [0.25, 0.3) is 10.8 Å². The standard InChI is InChI=1S/C26H29N3O3S/c1-26(24(30)29(25(31)27-26)15-18-11-14-33-17-18)20-9-12-28(13-10-20)16-19-7-8-23(32-2)22-6-4-3-5-21(19)22/h3-8,11,14,17,20H,9-10,12-13,15-16H2,1-2H3,(H,27,31)/t26-/m0/s1. The second-order valence-electron chi connectivity index (χ2n) is 9.18. The summed E-state index contributed by atoms with van der Waals surface area (Å²) in [5, 5.41) is 9.32. The highest BCUT2D eigenvalue weighted by Crippen LogP contribution is 2.35. The van der Waals surface area contributed by atoms with Crippen molar-refractivity contribution in [1.82, 2.24) is 15.1 Å². The third-order valence-electron chi connectivity index (χ3n) is 7.21. The highest BCUT2D eigenvalue weighted by Gasteiger charge is 2.52. The summed E-state index contributed by atoms with van der Waals surface area (Å²) in [6.07, 6.45) is 1.76. The first-order chi connectivity index (χ1) is 16.0. The predicted molar refractivity (Wildman–Crippen MR) is 130 cm³/mol. The molecule has 7 heteroatoms. The summed E-state index contributed by atoms with van der Waals surface area (Å²) in [7, 11) is 1.71. The van der Waals surface area contributed by atoms with Crippen molar-refractivity contribution in [3.8, 4) is 5.75 Å². The van der Waals surface area contributed by atoms with Gasteiger partial charge >= 0.3 is 6.03 Å². The number of imide groups is 1. The van der Waals surface area contributed by atoms with E-state index in [0.717, 1.165) is 49.2 Å². The van der Waals surface area contributed by atoms with Crippen molar-refractivity contribution in [3.63, 3.8) is 0 Å². The number of carbonyl (C=O) groups is 2. The number of likely N-dealkylation sites (tertiary alicyclic amines) is 1. The lowest BCUT2D eigenvalue weighted by Gasteiger charge is -2.39. The zero-order valence-corrected chi connectivity index (χ0v) is 19.9. The highest BCUT2D eigenvalue weighted by atomic mass is 32.1. The number of nitrogens with one attached hydrogen (secondary N) is 1. The Labute approximate surface area is 198 Å². The quantitative estimate of drug-likeness (QED) is 0.542. The predicted octanol–water partition coefficient (Wildman–Crippen LogP) is 4.63. The Bertz CT molecular complexity index is 1170. The lowest BCUT2D eigenvalue weighted by Crippen LogP contribution is -2.53. The molecule has 3 aromatic rings. The van der Waals surface area contributed by atoms with Crippen LogP contribution in [0.15, 0.2) is 53.2 Å². The first-order valence-electron chi connectivity index (χ1n) is 11.4. The van der Waals surface area contributed by atoms with Gasteiger partial charge in [-0.15, -0.1) is 0 Å². The van der Waals surface area contributed by atoms with Crippen LogP contribution in [-0.2, 0) is 17.9 Å². The van der Waals surface area contributed by atoms with E-state index in [1.807, 2.05) is 35.9 Å². The summed E-state index contributed by atoms with van der Waals surface area (Å²) in [5.41, 5.74) is 1.45. The van der Waals surface area contributed by atoms with Gasteiger partial charge in [-0.2, -0.15) is 11.3 Å². The molecule has 172 valence electrons. The molecule has 1 aromatic heterocycles. The Kier molecular flexibility index (Phi) is 5.85. The summed E-state index contributed by atoms with van der Waals surface area (Å²) < 4.78 is 5.53. The van der Waals surface area contributed by atoms with Crippen LogP contribution >= 0.6 is 11.3 Å². The molecule has 0 bridgehead atoms. The van der Waals surface area contributed by atoms with Gasteiger partial charge in [0.05, 0.1) is 13.7 Å². The van der Waals surface area contributed by atoms with E-state index in [-0.39, 0.29) is 17.9 Å². The minimum Gasteiger partial charge on any atom is -0.496 e. The number of thiophene rings is 1. The average molecular weight is 464 g/mol. The van der Waals surface area contributed by atoms with E-state index in [1.165, 1.54) is 15.8 Å². The van der Waals surface area contributed by atoms with Crippen LogP contribution < -0.4 is 10.1 Å². The van der Waals surface area contributed by atoms with E-state index in [1.54, 1.807) is 18.4 Å². The van der Waals surface area contributed by atoms with Crippen LogP contribution in [0.3, 0.4) is 0 Å². The maximum atomic E-state index is 13.3. The van der Waals surface area contributed by atoms with Gasteiger partial charge < -0.3 is 10.1 Å². The van der Waals surface area contributed by atoms with Crippen LogP contribution in [0, 0.1) is 5.92 Å². The molecule has 0 spiro atoms. The molecule has 0 radical (unpaired) electrons. The molecule has 0 aliphatic carbocycles. The Morgan fingerprint density at radius 3 is 2.52 bits per heavy atom. The molecule has 2 aliphatic heterocycles. The molecule has 3 heterocycles. The molecular formula is C26H29N3O3S. The number of fused-ring (bicyclic) bond motifs is 1. The fourth-order valence-electron chi connectivity index (χ4n) is 5.26. The van der Waals surface area contributed by atoms with Crippen molar-refractivity contribution >= 4 is 34.0 Å². The summed E-state index contributed by atoms with van der Waals surface area (Å²) in [5.74, 6) is 0.923. The van der Waals surface area contributed by atoms with Crippen LogP contribution in [0.1, 0.15) is 30.9 Å². The lowest BCUT2D eigenvalue weighted by atomic mass is 9.78. The molecule has 5 rings (SSSR count). The molecule has 2 aromatic carbocycles. The molecule has 2 saturated heterocycles. The molecule has 0 saturated carbocycles. The summed E-state index contributed by atoms with van der Waals surface area (Å²) in [6.45, 7) is 4.90. The number of urea groups is 1. The fourth-order valence-corrected chi connectivity index (χ4v) is 5.92. The Morgan fingerprint density at radius 1 is 1.06 bits per heavy atom. The molecule has 33 heavy (non-hydrogen) atoms. The average Bonchev–Trinajstić information content (AvgIpc) is 3.43. The number of nitrogens with zero attached hydrogens (tertiary/aromatic N) is 2. The SMILES string of the molecule is COc1ccc(CN2CCC([C@]3(C)NC(=O)N(Cc4ccsc4)C3=O)CC2)c2ccccc12. The van der Waals surface area contributed by atoms with E-state index in [4.69, 9.17) is 4.74 Å². The minimum atomic E-state index is -0.827. The number of rotatable bonds is 6. The molecule has 1 atom stereocenters. The normalized spacial score (nSPS) is 22.2. The van der Waals surface area contributed by atoms with Crippen molar-refractivity contribution < 1.29 is 14.3 Å². The second kappa shape index (κ2) is 8.80. The van der Waals surface area contributed by atoms with Crippen molar-refractivity contribution in [2.45, 2.75) is 38.4 Å². The maximum absolute atomic E-state index is 13.3. The van der Waals surface area contributed by atoms with E-state index in [9.17, 15) is 9.59 Å². The van der Waals surface area contributed by atoms with Crippen molar-refractivity contribution in [3.05, 3.63) is 64.4 Å². The van der Waals surface area contributed by atoms with E-state index in [0.29, 0.717) is 6.54 Å². The summed E-state index contributed by atoms with van der Waals surface area (Å²) in [4.78, 5) is 29.7. The van der Waals surface area contributed by atoms with Gasteiger partial charge in [0, 0.05) is 11.9 Å². The summed E-state index contributed by atoms with van der Waals surface area (Å²) in [6, 6.07) is 14.2. The van der Waals surface area contributed by atoms with Crippen molar-refractivity contribution in [2.75, 3.05) is 20.2 Å². The van der Waals surface area contributed by atoms with E-state index < -0.39 is 5.54 Å². The van der Waals surface area contributed by atoms with Gasteiger partial charge in [-0.3, -0.25) is 14.6 Å². The van der Waals surface area contributed by atoms with Crippen LogP contribution in [0.4, 0.5) is 4.79 Å². The number of amides is 3. The third kappa shape index (κ3) is 4.00. The maximum Gasteiger partial charge on any atom is 0.325 e. The number of ether oxygens (including phenoxy) is 1. The Balaban J connectivity index is 1.26. The number of hydrogen-bond acceptors (Lipinski definition) is 5. The summed E-state index contributed by atoms with van der Waals surface area (Å²) >= 11 is 1.57. The molecule has 3 amide bonds. The fraction of sp³-hybridized carbons (Fsp3) is 0.385. The number of methoxy groups -OCH3 is 1. The zero-order valence-electron chi connectivity index (χ0n) is 19.0. The minimum absolute atomic E-state index is 0.0988. The Hall–Kier alpha value is -2.90. The molecular weight excluding hydrogens is 434 g/mol. The van der Waals surface area contributed by atoms with Crippen molar-refractivity contribution in [1.29, 1.82) is 0 Å². The van der Waals surface area contributed by atoms with Gasteiger partial charge in [-0.05, 0) is 78.2 Å². The van der Waals surface area contributed by atoms with Gasteiger partial charge in [0.2, 0.25) is 0 Å². The largest absolute Gasteiger partial charge is 0.496 e. The van der Waals surface area contributed by atoms with Crippen LogP contribution in [0.5, 0.6) is 5.75 Å². The monoisotopic (exact) mass is 463 g/mol. The first-order valence-corrected chi connectivity index (χ1v) is 12.4. The van der Waals surface area contributed by atoms with Crippen LogP contribution in [0.2, 0.25) is 0 Å². The van der Waals surface area contributed by atoms with Gasteiger partial charge in [-0.1, -0.05) is 30.3 Å². The number of hydrogen-bond donors (Lipinski definition) is 1. The van der Waals surface area contributed by atoms with Gasteiger partial charge in [0.1, 0.15) is 11.3 Å². The second-order valence-corrected chi connectivity index (χ2v) is 9.96. The van der Waals surface area contributed by atoms with Crippen LogP contribution in [-0.4, -0.2) is 47.5 Å². The number of carbonyl (C=O) groups excluding carboxylic acids is 2. The Morgan fingerprint density at radius 2 is 1.82 bits per heavy atom. The smallest absolute Gasteiger partial charge is 0.325 e. The highest BCUT2D eigenvalue weighted by molar-refractivity contribution is 7.07. The number of piperidine rings is 1. The molecule has 2 aliphatic rings. The molecule has 6 nitrogen and oxygen atoms in total. The van der Waals surface area contributed by atoms with Gasteiger partial charge in [-0.25, -0.2) is 4.79 Å². The van der Waals surface area contributed by atoms with Gasteiger partial charge in [0.25, 0.3) is 5.91 Å². The molecule has 2 fully saturated rings. The van der Waals surface area contributed by atoms with E-state index >= 15 is 0 Å². The lowest BCUT2D eigenvalue weighted by molar-refractivity contribution is -0.133. The molecule has 1 N–H and O–H groups in total. The van der Waals surface area contributed by atoms with Crippen molar-refractivity contribution in [2.24, 2.45) is 5.92 Å². The zero-order chi connectivity index (χ0) is 23.0.